The van der Waals surface area contributed by atoms with E-state index in [9.17, 15) is 9.59 Å². The molecule has 1 aromatic heterocycles. The maximum atomic E-state index is 11.9. The Morgan fingerprint density at radius 3 is 2.53 bits per heavy atom. The van der Waals surface area contributed by atoms with Gasteiger partial charge in [-0.15, -0.1) is 0 Å². The van der Waals surface area contributed by atoms with Crippen molar-refractivity contribution in [3.8, 4) is 0 Å². The van der Waals surface area contributed by atoms with Crippen LogP contribution in [-0.2, 0) is 11.8 Å². The number of amides is 1. The van der Waals surface area contributed by atoms with Gasteiger partial charge >= 0.3 is 5.97 Å². The zero-order chi connectivity index (χ0) is 13.2. The molecule has 6 heteroatoms. The average molecular weight is 303 g/mol. The molecule has 1 aromatic rings. The fraction of sp³-hybridized carbons (Fsp3) is 0.455. The molecule has 5 nitrogen and oxygen atoms in total. The van der Waals surface area contributed by atoms with Crippen molar-refractivity contribution < 1.29 is 14.7 Å². The van der Waals surface area contributed by atoms with Gasteiger partial charge in [0.1, 0.15) is 11.2 Å². The highest BCUT2D eigenvalue weighted by Gasteiger charge is 2.33. The monoisotopic (exact) mass is 302 g/mol. The van der Waals surface area contributed by atoms with Crippen molar-refractivity contribution in [2.45, 2.75) is 25.8 Å². The molecule has 2 N–H and O–H groups in total. The first-order chi connectivity index (χ1) is 7.80. The van der Waals surface area contributed by atoms with Gasteiger partial charge in [-0.2, -0.15) is 0 Å². The normalized spacial score (nSPS) is 14.1. The van der Waals surface area contributed by atoms with E-state index in [4.69, 9.17) is 5.11 Å². The number of aliphatic carboxylic acids is 1. The number of carboxylic acids is 1. The fourth-order valence-electron chi connectivity index (χ4n) is 1.36. The molecular formula is C11H15BrN2O3. The van der Waals surface area contributed by atoms with Gasteiger partial charge in [-0.25, -0.2) is 4.79 Å². The zero-order valence-electron chi connectivity index (χ0n) is 9.95. The molecule has 0 saturated carbocycles. The summed E-state index contributed by atoms with van der Waals surface area (Å²) in [6, 6.07) is 1.65. The third-order valence-electron chi connectivity index (χ3n) is 2.77. The molecule has 1 rings (SSSR count). The lowest BCUT2D eigenvalue weighted by Crippen LogP contribution is -2.52. The Balaban J connectivity index is 2.93. The molecule has 1 unspecified atom stereocenters. The standard InChI is InChI=1S/C11H15BrN2O3/c1-4-11(2,10(16)17)13-9(15)8-5-7(12)6-14(8)3/h5-6H,4H2,1-3H3,(H,13,15)(H,16,17). The lowest BCUT2D eigenvalue weighted by Gasteiger charge is -2.24. The second-order valence-corrected chi connectivity index (χ2v) is 5.02. The van der Waals surface area contributed by atoms with E-state index in [1.165, 1.54) is 6.92 Å². The van der Waals surface area contributed by atoms with Gasteiger partial charge in [-0.1, -0.05) is 6.92 Å². The predicted octanol–water partition coefficient (Wildman–Crippen LogP) is 1.77. The van der Waals surface area contributed by atoms with Crippen molar-refractivity contribution in [1.82, 2.24) is 9.88 Å². The molecular weight excluding hydrogens is 288 g/mol. The molecule has 1 atom stereocenters. The summed E-state index contributed by atoms with van der Waals surface area (Å²) in [5.74, 6) is -1.44. The third-order valence-corrected chi connectivity index (χ3v) is 3.21. The van der Waals surface area contributed by atoms with Crippen LogP contribution in [0.3, 0.4) is 0 Å². The number of carboxylic acid groups (broad SMARTS) is 1. The first-order valence-corrected chi connectivity index (χ1v) is 5.97. The number of nitrogens with one attached hydrogen (secondary N) is 1. The number of halogens is 1. The maximum Gasteiger partial charge on any atom is 0.329 e. The smallest absolute Gasteiger partial charge is 0.329 e. The van der Waals surface area contributed by atoms with Gasteiger partial charge < -0.3 is 15.0 Å². The lowest BCUT2D eigenvalue weighted by molar-refractivity contribution is -0.143. The van der Waals surface area contributed by atoms with Crippen LogP contribution < -0.4 is 5.32 Å². The number of aromatic nitrogens is 1. The maximum absolute atomic E-state index is 11.9. The molecule has 1 amide bonds. The van der Waals surface area contributed by atoms with Crippen molar-refractivity contribution in [2.75, 3.05) is 0 Å². The molecule has 94 valence electrons. The summed E-state index contributed by atoms with van der Waals surface area (Å²) in [7, 11) is 1.73. The summed E-state index contributed by atoms with van der Waals surface area (Å²) in [5, 5.41) is 11.6. The van der Waals surface area contributed by atoms with Crippen molar-refractivity contribution in [2.24, 2.45) is 7.05 Å². The van der Waals surface area contributed by atoms with Crippen LogP contribution >= 0.6 is 15.9 Å². The van der Waals surface area contributed by atoms with Gasteiger partial charge in [0, 0.05) is 17.7 Å². The molecule has 17 heavy (non-hydrogen) atoms. The Morgan fingerprint density at radius 2 is 2.18 bits per heavy atom. The van der Waals surface area contributed by atoms with E-state index in [-0.39, 0.29) is 0 Å². The molecule has 0 aliphatic rings. The third kappa shape index (κ3) is 2.88. The Bertz CT molecular complexity index is 456. The quantitative estimate of drug-likeness (QED) is 0.890. The van der Waals surface area contributed by atoms with Crippen LogP contribution in [0.2, 0.25) is 0 Å². The minimum atomic E-state index is -1.24. The molecule has 0 aliphatic carbocycles. The number of aryl methyl sites for hydroxylation is 1. The van der Waals surface area contributed by atoms with Crippen molar-refractivity contribution in [1.29, 1.82) is 0 Å². The molecule has 0 saturated heterocycles. The minimum absolute atomic E-state index is 0.319. The molecule has 0 bridgehead atoms. The Hall–Kier alpha value is -1.30. The minimum Gasteiger partial charge on any atom is -0.480 e. The van der Waals surface area contributed by atoms with E-state index >= 15 is 0 Å². The van der Waals surface area contributed by atoms with Gasteiger partial charge in [-0.3, -0.25) is 4.79 Å². The van der Waals surface area contributed by atoms with Crippen LogP contribution in [0.25, 0.3) is 0 Å². The van der Waals surface area contributed by atoms with Crippen molar-refractivity contribution >= 4 is 27.8 Å². The van der Waals surface area contributed by atoms with Crippen molar-refractivity contribution in [3.63, 3.8) is 0 Å². The second kappa shape index (κ2) is 4.91. The van der Waals surface area contributed by atoms with E-state index in [1.54, 1.807) is 30.8 Å². The average Bonchev–Trinajstić information content (AvgIpc) is 2.57. The number of rotatable bonds is 4. The van der Waals surface area contributed by atoms with Gasteiger partial charge in [-0.05, 0) is 35.3 Å². The van der Waals surface area contributed by atoms with Crippen molar-refractivity contribution in [3.05, 3.63) is 22.4 Å². The number of carbonyl (C=O) groups is 2. The summed E-state index contributed by atoms with van der Waals surface area (Å²) in [6.07, 6.45) is 2.05. The summed E-state index contributed by atoms with van der Waals surface area (Å²) in [6.45, 7) is 3.21. The summed E-state index contributed by atoms with van der Waals surface area (Å²) in [4.78, 5) is 23.0. The topological polar surface area (TPSA) is 71.3 Å². The molecule has 0 radical (unpaired) electrons. The predicted molar refractivity (Wildman–Crippen MR) is 66.9 cm³/mol. The van der Waals surface area contributed by atoms with Crippen LogP contribution in [0.4, 0.5) is 0 Å². The van der Waals surface area contributed by atoms with Crippen LogP contribution in [-0.4, -0.2) is 27.1 Å². The van der Waals surface area contributed by atoms with E-state index < -0.39 is 17.4 Å². The molecule has 0 aromatic carbocycles. The van der Waals surface area contributed by atoms with Gasteiger partial charge in [0.05, 0.1) is 0 Å². The summed E-state index contributed by atoms with van der Waals surface area (Å²) in [5.41, 5.74) is -0.828. The molecule has 0 spiro atoms. The highest BCUT2D eigenvalue weighted by Crippen LogP contribution is 2.16. The number of carbonyl (C=O) groups excluding carboxylic acids is 1. The molecule has 1 heterocycles. The SMILES string of the molecule is CCC(C)(NC(=O)c1cc(Br)cn1C)C(=O)O. The van der Waals surface area contributed by atoms with Crippen LogP contribution in [0.15, 0.2) is 16.7 Å². The Kier molecular flexibility index (Phi) is 3.98. The number of hydrogen-bond donors (Lipinski definition) is 2. The van der Waals surface area contributed by atoms with E-state index in [0.29, 0.717) is 12.1 Å². The van der Waals surface area contributed by atoms with Gasteiger partial charge in [0.15, 0.2) is 0 Å². The fourth-order valence-corrected chi connectivity index (χ4v) is 1.88. The highest BCUT2D eigenvalue weighted by molar-refractivity contribution is 9.10. The largest absolute Gasteiger partial charge is 0.480 e. The van der Waals surface area contributed by atoms with E-state index in [2.05, 4.69) is 21.2 Å². The Morgan fingerprint density at radius 1 is 1.59 bits per heavy atom. The number of nitrogens with zero attached hydrogens (tertiary/aromatic N) is 1. The zero-order valence-corrected chi connectivity index (χ0v) is 11.5. The second-order valence-electron chi connectivity index (χ2n) is 4.10. The van der Waals surface area contributed by atoms with E-state index in [0.717, 1.165) is 4.47 Å². The molecule has 0 aliphatic heterocycles. The first kappa shape index (κ1) is 13.8. The summed E-state index contributed by atoms with van der Waals surface area (Å²) >= 11 is 3.26. The van der Waals surface area contributed by atoms with E-state index in [1.807, 2.05) is 0 Å². The highest BCUT2D eigenvalue weighted by atomic mass is 79.9. The van der Waals surface area contributed by atoms with Gasteiger partial charge in [0.25, 0.3) is 5.91 Å². The Labute approximate surface area is 108 Å². The lowest BCUT2D eigenvalue weighted by atomic mass is 9.99. The van der Waals surface area contributed by atoms with Gasteiger partial charge in [0.2, 0.25) is 0 Å². The van der Waals surface area contributed by atoms with Crippen LogP contribution in [0, 0.1) is 0 Å². The summed E-state index contributed by atoms with van der Waals surface area (Å²) < 4.78 is 2.41. The molecule has 0 fully saturated rings. The van der Waals surface area contributed by atoms with Crippen LogP contribution in [0.1, 0.15) is 30.8 Å². The number of hydrogen-bond acceptors (Lipinski definition) is 2. The first-order valence-electron chi connectivity index (χ1n) is 5.18. The van der Waals surface area contributed by atoms with Crippen LogP contribution in [0.5, 0.6) is 0 Å².